The molecule has 2 N–H and O–H groups in total. The topological polar surface area (TPSA) is 95.6 Å². The molecular formula is C20H29N3O4S2. The summed E-state index contributed by atoms with van der Waals surface area (Å²) in [6.45, 7) is 5.81. The van der Waals surface area contributed by atoms with E-state index in [0.29, 0.717) is 36.1 Å². The van der Waals surface area contributed by atoms with E-state index in [1.807, 2.05) is 13.8 Å². The van der Waals surface area contributed by atoms with E-state index in [-0.39, 0.29) is 16.7 Å². The number of nitrogens with zero attached hydrogens (tertiary/aromatic N) is 1. The zero-order chi connectivity index (χ0) is 21.0. The summed E-state index contributed by atoms with van der Waals surface area (Å²) in [5, 5.41) is 1.91. The maximum absolute atomic E-state index is 12.9. The van der Waals surface area contributed by atoms with Crippen molar-refractivity contribution in [3.05, 3.63) is 18.2 Å². The largest absolute Gasteiger partial charge is 0.341 e. The number of likely N-dealkylation sites (tertiary alicyclic amines) is 1. The predicted molar refractivity (Wildman–Crippen MR) is 114 cm³/mol. The second-order valence-electron chi connectivity index (χ2n) is 7.96. The Kier molecular flexibility index (Phi) is 7.23. The summed E-state index contributed by atoms with van der Waals surface area (Å²) in [6.07, 6.45) is 4.90. The summed E-state index contributed by atoms with van der Waals surface area (Å²) in [5.74, 6) is -0.151. The van der Waals surface area contributed by atoms with Crippen LogP contribution in [-0.4, -0.2) is 50.0 Å². The van der Waals surface area contributed by atoms with Gasteiger partial charge < -0.3 is 10.2 Å². The minimum atomic E-state index is -3.64. The number of benzene rings is 1. The van der Waals surface area contributed by atoms with E-state index >= 15 is 0 Å². The van der Waals surface area contributed by atoms with Crippen molar-refractivity contribution < 1.29 is 18.0 Å². The maximum atomic E-state index is 12.9. The van der Waals surface area contributed by atoms with Crippen molar-refractivity contribution in [2.24, 2.45) is 5.92 Å². The monoisotopic (exact) mass is 439 g/mol. The van der Waals surface area contributed by atoms with Gasteiger partial charge in [-0.05, 0) is 43.4 Å². The number of nitrogens with one attached hydrogen (secondary N) is 2. The van der Waals surface area contributed by atoms with Gasteiger partial charge in [-0.3, -0.25) is 9.59 Å². The van der Waals surface area contributed by atoms with Gasteiger partial charge in [0.25, 0.3) is 0 Å². The van der Waals surface area contributed by atoms with Crippen LogP contribution in [0.3, 0.4) is 0 Å². The van der Waals surface area contributed by atoms with Gasteiger partial charge in [-0.1, -0.05) is 26.7 Å². The Bertz CT molecular complexity index is 862. The van der Waals surface area contributed by atoms with Gasteiger partial charge >= 0.3 is 0 Å². The third kappa shape index (κ3) is 5.52. The highest BCUT2D eigenvalue weighted by Gasteiger charge is 2.36. The molecule has 1 aromatic carbocycles. The highest BCUT2D eigenvalue weighted by molar-refractivity contribution is 8.01. The quantitative estimate of drug-likeness (QED) is 0.665. The average Bonchev–Trinajstić information content (AvgIpc) is 2.95. The van der Waals surface area contributed by atoms with Crippen LogP contribution in [-0.2, 0) is 19.6 Å². The lowest BCUT2D eigenvalue weighted by Gasteiger charge is -2.28. The molecule has 0 saturated carbocycles. The van der Waals surface area contributed by atoms with Gasteiger partial charge in [0.05, 0.1) is 10.6 Å². The Morgan fingerprint density at radius 2 is 1.93 bits per heavy atom. The minimum Gasteiger partial charge on any atom is -0.341 e. The standard InChI is InChI=1S/C20H29N3O4S2/c1-14(2)9-10-21-29(26,27)15-7-8-17-16(13-15)22-19(24)18(28-17)20(25)23-11-5-3-4-6-12-23/h7-8,13-14,18,21H,3-6,9-12H2,1-2H3,(H,22,24)/t18-/m0/s1. The Morgan fingerprint density at radius 1 is 1.24 bits per heavy atom. The molecule has 29 heavy (non-hydrogen) atoms. The molecule has 2 aliphatic heterocycles. The summed E-state index contributed by atoms with van der Waals surface area (Å²) < 4.78 is 27.6. The van der Waals surface area contributed by atoms with Crippen LogP contribution >= 0.6 is 11.8 Å². The molecule has 2 heterocycles. The van der Waals surface area contributed by atoms with Crippen molar-refractivity contribution in [1.82, 2.24) is 9.62 Å². The van der Waals surface area contributed by atoms with Crippen LogP contribution in [0.1, 0.15) is 46.0 Å². The molecule has 0 radical (unpaired) electrons. The molecule has 2 amide bonds. The van der Waals surface area contributed by atoms with E-state index in [9.17, 15) is 18.0 Å². The molecule has 7 nitrogen and oxygen atoms in total. The molecular weight excluding hydrogens is 410 g/mol. The van der Waals surface area contributed by atoms with E-state index < -0.39 is 15.3 Å². The van der Waals surface area contributed by atoms with Gasteiger partial charge in [-0.2, -0.15) is 0 Å². The fourth-order valence-corrected chi connectivity index (χ4v) is 5.57. The normalized spacial score (nSPS) is 20.2. The predicted octanol–water partition coefficient (Wildman–Crippen LogP) is 2.83. The molecule has 1 fully saturated rings. The number of carbonyl (C=O) groups is 2. The molecule has 0 spiro atoms. The van der Waals surface area contributed by atoms with Gasteiger partial charge in [0, 0.05) is 24.5 Å². The summed E-state index contributed by atoms with van der Waals surface area (Å²) in [6, 6.07) is 4.65. The Hall–Kier alpha value is -1.58. The molecule has 0 aliphatic carbocycles. The molecule has 0 bridgehead atoms. The first kappa shape index (κ1) is 22.1. The molecule has 9 heteroatoms. The highest BCUT2D eigenvalue weighted by atomic mass is 32.2. The number of hydrogen-bond donors (Lipinski definition) is 2. The Labute approximate surface area is 177 Å². The third-order valence-corrected chi connectivity index (χ3v) is 7.88. The van der Waals surface area contributed by atoms with Gasteiger partial charge in [-0.25, -0.2) is 13.1 Å². The van der Waals surface area contributed by atoms with Crippen LogP contribution in [0.2, 0.25) is 0 Å². The van der Waals surface area contributed by atoms with E-state index in [1.165, 1.54) is 23.9 Å². The first-order valence-electron chi connectivity index (χ1n) is 10.2. The van der Waals surface area contributed by atoms with Gasteiger partial charge in [0.15, 0.2) is 5.25 Å². The Morgan fingerprint density at radius 3 is 2.59 bits per heavy atom. The second kappa shape index (κ2) is 9.49. The summed E-state index contributed by atoms with van der Waals surface area (Å²) >= 11 is 1.20. The molecule has 0 unspecified atom stereocenters. The summed E-state index contributed by atoms with van der Waals surface area (Å²) in [4.78, 5) is 28.1. The molecule has 1 aromatic rings. The van der Waals surface area contributed by atoms with Crippen molar-refractivity contribution in [3.63, 3.8) is 0 Å². The number of carbonyl (C=O) groups excluding carboxylic acids is 2. The molecule has 0 aromatic heterocycles. The van der Waals surface area contributed by atoms with Crippen LogP contribution < -0.4 is 10.0 Å². The Balaban J connectivity index is 1.72. The number of fused-ring (bicyclic) bond motifs is 1. The molecule has 2 aliphatic rings. The first-order valence-corrected chi connectivity index (χ1v) is 12.5. The van der Waals surface area contributed by atoms with E-state index in [2.05, 4.69) is 10.0 Å². The zero-order valence-corrected chi connectivity index (χ0v) is 18.6. The van der Waals surface area contributed by atoms with E-state index in [1.54, 1.807) is 11.0 Å². The van der Waals surface area contributed by atoms with Crippen molar-refractivity contribution in [1.29, 1.82) is 0 Å². The number of hydrogen-bond acceptors (Lipinski definition) is 5. The van der Waals surface area contributed by atoms with Crippen LogP contribution in [0.15, 0.2) is 28.0 Å². The highest BCUT2D eigenvalue weighted by Crippen LogP contribution is 2.38. The fraction of sp³-hybridized carbons (Fsp3) is 0.600. The van der Waals surface area contributed by atoms with Crippen LogP contribution in [0.5, 0.6) is 0 Å². The SMILES string of the molecule is CC(C)CCNS(=O)(=O)c1ccc2c(c1)NC(=O)[C@@H](C(=O)N1CCCCCC1)S2. The molecule has 3 rings (SSSR count). The van der Waals surface area contributed by atoms with Gasteiger partial charge in [0.2, 0.25) is 21.8 Å². The zero-order valence-electron chi connectivity index (χ0n) is 16.9. The minimum absolute atomic E-state index is 0.109. The lowest BCUT2D eigenvalue weighted by atomic mass is 10.1. The van der Waals surface area contributed by atoms with Crippen molar-refractivity contribution in [3.8, 4) is 0 Å². The number of sulfonamides is 1. The average molecular weight is 440 g/mol. The number of amides is 2. The van der Waals surface area contributed by atoms with Crippen molar-refractivity contribution >= 4 is 39.3 Å². The molecule has 1 atom stereocenters. The van der Waals surface area contributed by atoms with Crippen LogP contribution in [0.25, 0.3) is 0 Å². The van der Waals surface area contributed by atoms with Crippen LogP contribution in [0, 0.1) is 5.92 Å². The fourth-order valence-electron chi connectivity index (χ4n) is 3.44. The van der Waals surface area contributed by atoms with E-state index in [4.69, 9.17) is 0 Å². The summed E-state index contributed by atoms with van der Waals surface area (Å²) in [7, 11) is -3.64. The molecule has 160 valence electrons. The number of thioether (sulfide) groups is 1. The lowest BCUT2D eigenvalue weighted by Crippen LogP contribution is -2.45. The third-order valence-electron chi connectivity index (χ3n) is 5.16. The summed E-state index contributed by atoms with van der Waals surface area (Å²) in [5.41, 5.74) is 0.437. The maximum Gasteiger partial charge on any atom is 0.247 e. The number of anilines is 1. The lowest BCUT2D eigenvalue weighted by molar-refractivity contribution is -0.133. The van der Waals surface area contributed by atoms with Gasteiger partial charge in [0.1, 0.15) is 0 Å². The van der Waals surface area contributed by atoms with Gasteiger partial charge in [-0.15, -0.1) is 11.8 Å². The second-order valence-corrected chi connectivity index (χ2v) is 10.9. The smallest absolute Gasteiger partial charge is 0.247 e. The van der Waals surface area contributed by atoms with Crippen LogP contribution in [0.4, 0.5) is 5.69 Å². The van der Waals surface area contributed by atoms with Crippen molar-refractivity contribution in [2.75, 3.05) is 25.0 Å². The number of rotatable bonds is 6. The molecule has 1 saturated heterocycles. The first-order chi connectivity index (χ1) is 13.8. The van der Waals surface area contributed by atoms with E-state index in [0.717, 1.165) is 32.1 Å². The van der Waals surface area contributed by atoms with Crippen molar-refractivity contribution in [2.45, 2.75) is 61.0 Å².